The SMILES string of the molecule is CC(Cc1ccc(F)cc1)Nc1ccc2nnnn2n1. The van der Waals surface area contributed by atoms with Gasteiger partial charge in [0.25, 0.3) is 0 Å². The fourth-order valence-corrected chi connectivity index (χ4v) is 2.00. The summed E-state index contributed by atoms with van der Waals surface area (Å²) in [7, 11) is 0. The Hall–Kier alpha value is -2.57. The van der Waals surface area contributed by atoms with E-state index in [1.54, 1.807) is 18.2 Å². The highest BCUT2D eigenvalue weighted by Gasteiger charge is 2.06. The monoisotopic (exact) mass is 272 g/mol. The lowest BCUT2D eigenvalue weighted by atomic mass is 10.1. The standard InChI is InChI=1S/C13H13FN6/c1-9(8-10-2-4-11(14)5-3-10)15-12-6-7-13-16-18-19-20(13)17-12/h2-7,9H,8H2,1H3,(H,15,17). The Labute approximate surface area is 114 Å². The zero-order valence-electron chi connectivity index (χ0n) is 10.9. The summed E-state index contributed by atoms with van der Waals surface area (Å²) in [5, 5.41) is 18.6. The third-order valence-corrected chi connectivity index (χ3v) is 2.92. The van der Waals surface area contributed by atoms with Crippen molar-refractivity contribution in [2.24, 2.45) is 0 Å². The van der Waals surface area contributed by atoms with Crippen LogP contribution in [-0.4, -0.2) is 31.3 Å². The van der Waals surface area contributed by atoms with Crippen molar-refractivity contribution in [2.75, 3.05) is 5.32 Å². The van der Waals surface area contributed by atoms with E-state index in [0.29, 0.717) is 11.5 Å². The molecule has 0 aliphatic heterocycles. The number of hydrogen-bond acceptors (Lipinski definition) is 5. The van der Waals surface area contributed by atoms with Crippen LogP contribution in [0.25, 0.3) is 5.65 Å². The first-order chi connectivity index (χ1) is 9.70. The van der Waals surface area contributed by atoms with Crippen LogP contribution in [0.15, 0.2) is 36.4 Å². The average Bonchev–Trinajstić information content (AvgIpc) is 2.89. The van der Waals surface area contributed by atoms with Gasteiger partial charge < -0.3 is 5.32 Å². The second-order valence-electron chi connectivity index (χ2n) is 4.62. The van der Waals surface area contributed by atoms with E-state index in [-0.39, 0.29) is 11.9 Å². The fourth-order valence-electron chi connectivity index (χ4n) is 2.00. The smallest absolute Gasteiger partial charge is 0.200 e. The number of fused-ring (bicyclic) bond motifs is 1. The molecule has 0 saturated heterocycles. The number of hydrogen-bond donors (Lipinski definition) is 1. The van der Waals surface area contributed by atoms with E-state index < -0.39 is 0 Å². The molecule has 1 unspecified atom stereocenters. The van der Waals surface area contributed by atoms with Crippen molar-refractivity contribution in [3.8, 4) is 0 Å². The van der Waals surface area contributed by atoms with Crippen molar-refractivity contribution < 1.29 is 4.39 Å². The third kappa shape index (κ3) is 2.71. The summed E-state index contributed by atoms with van der Waals surface area (Å²) in [5.41, 5.74) is 1.66. The van der Waals surface area contributed by atoms with Crippen LogP contribution < -0.4 is 5.32 Å². The minimum atomic E-state index is -0.222. The maximum absolute atomic E-state index is 12.8. The van der Waals surface area contributed by atoms with E-state index in [2.05, 4.69) is 25.9 Å². The van der Waals surface area contributed by atoms with E-state index in [4.69, 9.17) is 0 Å². The first-order valence-electron chi connectivity index (χ1n) is 6.27. The lowest BCUT2D eigenvalue weighted by Crippen LogP contribution is -2.19. The number of tetrazole rings is 1. The molecule has 0 fully saturated rings. The van der Waals surface area contributed by atoms with Gasteiger partial charge in [-0.1, -0.05) is 12.1 Å². The highest BCUT2D eigenvalue weighted by Crippen LogP contribution is 2.10. The van der Waals surface area contributed by atoms with Gasteiger partial charge in [0.15, 0.2) is 5.65 Å². The number of halogens is 1. The Kier molecular flexibility index (Phi) is 3.24. The van der Waals surface area contributed by atoms with Crippen molar-refractivity contribution in [3.05, 3.63) is 47.8 Å². The lowest BCUT2D eigenvalue weighted by molar-refractivity contribution is 0.626. The Morgan fingerprint density at radius 2 is 2.00 bits per heavy atom. The summed E-state index contributed by atoms with van der Waals surface area (Å²) in [4.78, 5) is 0. The highest BCUT2D eigenvalue weighted by molar-refractivity contribution is 5.42. The zero-order chi connectivity index (χ0) is 13.9. The molecule has 3 rings (SSSR count). The van der Waals surface area contributed by atoms with Gasteiger partial charge in [-0.2, -0.15) is 0 Å². The predicted molar refractivity (Wildman–Crippen MR) is 71.8 cm³/mol. The van der Waals surface area contributed by atoms with Gasteiger partial charge in [0.05, 0.1) is 0 Å². The van der Waals surface area contributed by atoms with Gasteiger partial charge in [-0.05, 0) is 53.6 Å². The van der Waals surface area contributed by atoms with E-state index in [1.165, 1.54) is 16.8 Å². The molecule has 1 atom stereocenters. The summed E-state index contributed by atoms with van der Waals surface area (Å²) in [6.07, 6.45) is 0.773. The molecule has 0 saturated carbocycles. The number of anilines is 1. The van der Waals surface area contributed by atoms with E-state index in [0.717, 1.165) is 12.0 Å². The van der Waals surface area contributed by atoms with E-state index in [9.17, 15) is 4.39 Å². The Morgan fingerprint density at radius 1 is 1.20 bits per heavy atom. The molecule has 6 nitrogen and oxygen atoms in total. The van der Waals surface area contributed by atoms with Crippen LogP contribution in [0, 0.1) is 5.82 Å². The summed E-state index contributed by atoms with van der Waals surface area (Å²) in [5.74, 6) is 0.472. The van der Waals surface area contributed by atoms with Gasteiger partial charge in [-0.15, -0.1) is 14.8 Å². The molecular weight excluding hydrogens is 259 g/mol. The molecule has 0 bridgehead atoms. The maximum atomic E-state index is 12.8. The molecule has 2 aromatic heterocycles. The molecule has 0 spiro atoms. The van der Waals surface area contributed by atoms with E-state index >= 15 is 0 Å². The van der Waals surface area contributed by atoms with Crippen molar-refractivity contribution in [3.63, 3.8) is 0 Å². The normalized spacial score (nSPS) is 12.5. The second kappa shape index (κ2) is 5.20. The molecule has 0 aliphatic carbocycles. The van der Waals surface area contributed by atoms with Crippen molar-refractivity contribution in [1.82, 2.24) is 25.3 Å². The molecule has 2 heterocycles. The number of rotatable bonds is 4. The average molecular weight is 272 g/mol. The number of nitrogens with one attached hydrogen (secondary N) is 1. The molecular formula is C13H13FN6. The lowest BCUT2D eigenvalue weighted by Gasteiger charge is -2.14. The minimum absolute atomic E-state index is 0.155. The van der Waals surface area contributed by atoms with Gasteiger partial charge >= 0.3 is 0 Å². The first kappa shape index (κ1) is 12.5. The fraction of sp³-hybridized carbons (Fsp3) is 0.231. The molecule has 0 radical (unpaired) electrons. The van der Waals surface area contributed by atoms with Crippen LogP contribution >= 0.6 is 0 Å². The topological polar surface area (TPSA) is 68.0 Å². The quantitative estimate of drug-likeness (QED) is 0.783. The summed E-state index contributed by atoms with van der Waals surface area (Å²) in [6.45, 7) is 2.04. The van der Waals surface area contributed by atoms with Crippen LogP contribution in [-0.2, 0) is 6.42 Å². The predicted octanol–water partition coefficient (Wildman–Crippen LogP) is 1.70. The zero-order valence-corrected chi connectivity index (χ0v) is 10.9. The van der Waals surface area contributed by atoms with Crippen LogP contribution in [0.4, 0.5) is 10.2 Å². The molecule has 1 aromatic carbocycles. The van der Waals surface area contributed by atoms with Crippen LogP contribution in [0.2, 0.25) is 0 Å². The molecule has 20 heavy (non-hydrogen) atoms. The summed E-state index contributed by atoms with van der Waals surface area (Å²) < 4.78 is 14.2. The Morgan fingerprint density at radius 3 is 2.80 bits per heavy atom. The van der Waals surface area contributed by atoms with Crippen molar-refractivity contribution in [1.29, 1.82) is 0 Å². The van der Waals surface area contributed by atoms with Gasteiger partial charge in [-0.3, -0.25) is 0 Å². The van der Waals surface area contributed by atoms with Crippen molar-refractivity contribution in [2.45, 2.75) is 19.4 Å². The van der Waals surface area contributed by atoms with Gasteiger partial charge in [-0.25, -0.2) is 4.39 Å². The van der Waals surface area contributed by atoms with Gasteiger partial charge in [0, 0.05) is 6.04 Å². The molecule has 1 N–H and O–H groups in total. The van der Waals surface area contributed by atoms with Gasteiger partial charge in [0.2, 0.25) is 0 Å². The van der Waals surface area contributed by atoms with Crippen LogP contribution in [0.1, 0.15) is 12.5 Å². The molecule has 102 valence electrons. The molecule has 0 aliphatic rings. The van der Waals surface area contributed by atoms with Crippen LogP contribution in [0.3, 0.4) is 0 Å². The number of aromatic nitrogens is 5. The Bertz CT molecular complexity index is 708. The highest BCUT2D eigenvalue weighted by atomic mass is 19.1. The molecule has 7 heteroatoms. The van der Waals surface area contributed by atoms with E-state index in [1.807, 2.05) is 13.0 Å². The number of nitrogens with zero attached hydrogens (tertiary/aromatic N) is 5. The second-order valence-corrected chi connectivity index (χ2v) is 4.62. The molecule has 0 amide bonds. The minimum Gasteiger partial charge on any atom is -0.366 e. The summed E-state index contributed by atoms with van der Waals surface area (Å²) in [6, 6.07) is 10.3. The largest absolute Gasteiger partial charge is 0.366 e. The molecule has 3 aromatic rings. The summed E-state index contributed by atoms with van der Waals surface area (Å²) >= 11 is 0. The van der Waals surface area contributed by atoms with Crippen LogP contribution in [0.5, 0.6) is 0 Å². The maximum Gasteiger partial charge on any atom is 0.200 e. The van der Waals surface area contributed by atoms with Crippen molar-refractivity contribution >= 4 is 11.5 Å². The first-order valence-corrected chi connectivity index (χ1v) is 6.27. The number of benzene rings is 1. The Balaban J connectivity index is 1.68. The third-order valence-electron chi connectivity index (χ3n) is 2.92. The van der Waals surface area contributed by atoms with Gasteiger partial charge in [0.1, 0.15) is 11.6 Å².